The van der Waals surface area contributed by atoms with E-state index in [1.165, 1.54) is 24.3 Å². The van der Waals surface area contributed by atoms with Crippen LogP contribution in [0.15, 0.2) is 43.1 Å². The number of rotatable bonds is 5. The second kappa shape index (κ2) is 11.3. The molecule has 2 aromatic heterocycles. The van der Waals surface area contributed by atoms with Gasteiger partial charge in [0.15, 0.2) is 0 Å². The molecule has 0 aliphatic carbocycles. The number of nitrogens with zero attached hydrogens (tertiary/aromatic N) is 4. The fourth-order valence-corrected chi connectivity index (χ4v) is 5.67. The van der Waals surface area contributed by atoms with Crippen LogP contribution in [0.3, 0.4) is 0 Å². The van der Waals surface area contributed by atoms with Crippen LogP contribution in [-0.2, 0) is 4.79 Å². The monoisotopic (exact) mass is 579 g/mol. The topological polar surface area (TPSA) is 138 Å². The molecule has 2 unspecified atom stereocenters. The summed E-state index contributed by atoms with van der Waals surface area (Å²) in [6, 6.07) is 5.55. The van der Waals surface area contributed by atoms with Crippen LogP contribution in [0.2, 0.25) is 5.02 Å². The molecule has 0 bridgehead atoms. The minimum atomic E-state index is -0.918. The minimum Gasteiger partial charge on any atom is -0.507 e. The summed E-state index contributed by atoms with van der Waals surface area (Å²) in [6.07, 6.45) is 2.56. The van der Waals surface area contributed by atoms with E-state index in [2.05, 4.69) is 22.2 Å². The number of piperazine rings is 1. The molecule has 2 aliphatic heterocycles. The molecule has 0 saturated carbocycles. The van der Waals surface area contributed by atoms with Crippen molar-refractivity contribution in [2.24, 2.45) is 0 Å². The van der Waals surface area contributed by atoms with Gasteiger partial charge in [0.25, 0.3) is 0 Å². The summed E-state index contributed by atoms with van der Waals surface area (Å²) in [5.41, 5.74) is 2.12. The molecule has 5 N–H and O–H groups in total. The SMILES string of the molecule is C=CC(=O)N1CCN2C(=N)c3c(Nc4c(C)ccnc4C(C)O)nc(-c4c(O)cccc4F)c(Cl)c3NCCC2C1. The Balaban J connectivity index is 1.71. The van der Waals surface area contributed by atoms with Gasteiger partial charge in [-0.1, -0.05) is 24.2 Å². The Morgan fingerprint density at radius 2 is 2.12 bits per heavy atom. The number of phenols is 1. The lowest BCUT2D eigenvalue weighted by molar-refractivity contribution is -0.128. The molecule has 5 rings (SSSR count). The highest BCUT2D eigenvalue weighted by Crippen LogP contribution is 2.44. The highest BCUT2D eigenvalue weighted by Gasteiger charge is 2.36. The van der Waals surface area contributed by atoms with E-state index in [0.717, 1.165) is 5.56 Å². The van der Waals surface area contributed by atoms with E-state index in [1.807, 2.05) is 11.8 Å². The largest absolute Gasteiger partial charge is 0.507 e. The number of phenolic OH excluding ortho intramolecular Hbond substituents is 1. The highest BCUT2D eigenvalue weighted by molar-refractivity contribution is 6.37. The fourth-order valence-electron chi connectivity index (χ4n) is 5.37. The number of carbonyl (C=O) groups excluding carboxylic acids is 1. The summed E-state index contributed by atoms with van der Waals surface area (Å²) in [7, 11) is 0. The van der Waals surface area contributed by atoms with E-state index in [4.69, 9.17) is 16.6 Å². The first kappa shape index (κ1) is 28.3. The number of aromatic hydroxyl groups is 1. The number of aliphatic hydroxyl groups excluding tert-OH is 1. The number of aryl methyl sites for hydroxylation is 1. The number of carbonyl (C=O) groups is 1. The number of fused-ring (bicyclic) bond motifs is 2. The number of benzene rings is 1. The number of aromatic nitrogens is 2. The average Bonchev–Trinajstić information content (AvgIpc) is 2.94. The van der Waals surface area contributed by atoms with Crippen LogP contribution in [0, 0.1) is 18.2 Å². The minimum absolute atomic E-state index is 0.0116. The van der Waals surface area contributed by atoms with Crippen molar-refractivity contribution >= 4 is 40.5 Å². The van der Waals surface area contributed by atoms with Gasteiger partial charge < -0.3 is 30.6 Å². The van der Waals surface area contributed by atoms with Gasteiger partial charge in [-0.15, -0.1) is 0 Å². The number of aliphatic hydroxyl groups is 1. The van der Waals surface area contributed by atoms with Gasteiger partial charge in [0.05, 0.1) is 39.3 Å². The second-order valence-corrected chi connectivity index (χ2v) is 10.5. The summed E-state index contributed by atoms with van der Waals surface area (Å²) in [4.78, 5) is 25.0. The van der Waals surface area contributed by atoms with Gasteiger partial charge in [-0.05, 0) is 50.1 Å². The molecule has 12 heteroatoms. The van der Waals surface area contributed by atoms with Crippen LogP contribution < -0.4 is 10.6 Å². The van der Waals surface area contributed by atoms with Crippen molar-refractivity contribution in [1.29, 1.82) is 5.41 Å². The maximum Gasteiger partial charge on any atom is 0.246 e. The van der Waals surface area contributed by atoms with Gasteiger partial charge in [0, 0.05) is 38.4 Å². The molecule has 1 saturated heterocycles. The van der Waals surface area contributed by atoms with Gasteiger partial charge >= 0.3 is 0 Å². The molecule has 10 nitrogen and oxygen atoms in total. The third-order valence-electron chi connectivity index (χ3n) is 7.47. The zero-order valence-electron chi connectivity index (χ0n) is 22.7. The summed E-state index contributed by atoms with van der Waals surface area (Å²) < 4.78 is 15.1. The quantitative estimate of drug-likeness (QED) is 0.277. The number of amidine groups is 1. The first-order valence-electron chi connectivity index (χ1n) is 13.2. The van der Waals surface area contributed by atoms with Crippen LogP contribution in [0.25, 0.3) is 11.3 Å². The highest BCUT2D eigenvalue weighted by atomic mass is 35.5. The van der Waals surface area contributed by atoms with Crippen molar-refractivity contribution in [2.75, 3.05) is 36.8 Å². The number of hydrogen-bond acceptors (Lipinski definition) is 8. The summed E-state index contributed by atoms with van der Waals surface area (Å²) >= 11 is 6.88. The molecule has 2 atom stereocenters. The molecule has 1 aromatic carbocycles. The lowest BCUT2D eigenvalue weighted by atomic mass is 10.00. The summed E-state index contributed by atoms with van der Waals surface area (Å²) in [5, 5.41) is 37.0. The lowest BCUT2D eigenvalue weighted by Gasteiger charge is -2.44. The number of nitrogens with one attached hydrogen (secondary N) is 3. The van der Waals surface area contributed by atoms with Crippen molar-refractivity contribution in [3.63, 3.8) is 0 Å². The molecule has 0 spiro atoms. The molecule has 214 valence electrons. The maximum absolute atomic E-state index is 15.1. The smallest absolute Gasteiger partial charge is 0.246 e. The van der Waals surface area contributed by atoms with Crippen LogP contribution in [0.4, 0.5) is 21.6 Å². The van der Waals surface area contributed by atoms with Crippen molar-refractivity contribution in [2.45, 2.75) is 32.4 Å². The summed E-state index contributed by atoms with van der Waals surface area (Å²) in [6.45, 7) is 8.70. The molecule has 1 fully saturated rings. The van der Waals surface area contributed by atoms with E-state index >= 15 is 4.39 Å². The molecule has 4 heterocycles. The molecular formula is C29H31ClFN7O3. The third-order valence-corrected chi connectivity index (χ3v) is 7.83. The fraction of sp³-hybridized carbons (Fsp3) is 0.310. The molecule has 3 aromatic rings. The van der Waals surface area contributed by atoms with Crippen LogP contribution in [0.5, 0.6) is 5.75 Å². The third kappa shape index (κ3) is 5.18. The van der Waals surface area contributed by atoms with Crippen LogP contribution in [-0.4, -0.2) is 73.9 Å². The Labute approximate surface area is 242 Å². The number of amides is 1. The first-order chi connectivity index (χ1) is 19.6. The Morgan fingerprint density at radius 3 is 2.83 bits per heavy atom. The zero-order chi connectivity index (χ0) is 29.4. The number of pyridine rings is 2. The standard InChI is InChI=1S/C29H31ClFN7O3/c1-4-20(41)37-12-13-38-17(14-37)9-11-34-26-22(28(38)32)29(35-24-15(2)8-10-33-25(24)16(3)39)36-27(23(26)30)21-18(31)6-5-7-19(21)40/h4-8,10,16-17,32,34,39-40H,1,9,11-14H2,2-3H3,(H,35,36). The van der Waals surface area contributed by atoms with Gasteiger partial charge in [0.2, 0.25) is 5.91 Å². The molecule has 2 aliphatic rings. The van der Waals surface area contributed by atoms with Gasteiger partial charge in [-0.25, -0.2) is 9.37 Å². The second-order valence-electron chi connectivity index (χ2n) is 10.1. The lowest BCUT2D eigenvalue weighted by Crippen LogP contribution is -2.57. The Bertz CT molecular complexity index is 1530. The van der Waals surface area contributed by atoms with E-state index in [0.29, 0.717) is 55.2 Å². The molecule has 1 amide bonds. The van der Waals surface area contributed by atoms with Crippen molar-refractivity contribution in [1.82, 2.24) is 19.8 Å². The number of halogens is 2. The normalized spacial score (nSPS) is 17.5. The van der Waals surface area contributed by atoms with Gasteiger partial charge in [-0.3, -0.25) is 15.2 Å². The maximum atomic E-state index is 15.1. The molecule has 41 heavy (non-hydrogen) atoms. The van der Waals surface area contributed by atoms with E-state index in [-0.39, 0.29) is 45.6 Å². The molecular weight excluding hydrogens is 549 g/mol. The van der Waals surface area contributed by atoms with Crippen molar-refractivity contribution in [3.8, 4) is 17.0 Å². The average molecular weight is 580 g/mol. The van der Waals surface area contributed by atoms with Crippen molar-refractivity contribution < 1.29 is 19.4 Å². The van der Waals surface area contributed by atoms with Crippen LogP contribution in [0.1, 0.15) is 36.3 Å². The predicted octanol–water partition coefficient (Wildman–Crippen LogP) is 4.59. The predicted molar refractivity (Wildman–Crippen MR) is 156 cm³/mol. The van der Waals surface area contributed by atoms with Crippen LogP contribution >= 0.6 is 11.6 Å². The number of hydrogen-bond donors (Lipinski definition) is 5. The van der Waals surface area contributed by atoms with Crippen molar-refractivity contribution in [3.05, 3.63) is 70.8 Å². The Hall–Kier alpha value is -4.22. The van der Waals surface area contributed by atoms with E-state index in [9.17, 15) is 20.4 Å². The van der Waals surface area contributed by atoms with E-state index < -0.39 is 11.9 Å². The zero-order valence-corrected chi connectivity index (χ0v) is 23.5. The van der Waals surface area contributed by atoms with Gasteiger partial charge in [0.1, 0.15) is 28.9 Å². The first-order valence-corrected chi connectivity index (χ1v) is 13.6. The Kier molecular flexibility index (Phi) is 7.83. The number of anilines is 3. The molecule has 0 radical (unpaired) electrons. The van der Waals surface area contributed by atoms with E-state index in [1.54, 1.807) is 24.1 Å². The van der Waals surface area contributed by atoms with Gasteiger partial charge in [-0.2, -0.15) is 0 Å². The summed E-state index contributed by atoms with van der Waals surface area (Å²) in [5.74, 6) is -0.925. The Morgan fingerprint density at radius 1 is 1.34 bits per heavy atom.